The minimum atomic E-state index is -0.185. The van der Waals surface area contributed by atoms with Crippen LogP contribution >= 0.6 is 0 Å². The van der Waals surface area contributed by atoms with Crippen LogP contribution in [0.2, 0.25) is 0 Å². The standard InChI is InChI=1S/C24H32O2/c1-16(2)26-19-11-9-17(10-12-19)13-18-14-20(23(3,4)5)22(25)21(15-18)24(6,7)8/h9-16H,1-8H3. The molecule has 2 nitrogen and oxygen atoms in total. The average molecular weight is 353 g/mol. The van der Waals surface area contributed by atoms with Gasteiger partial charge in [0, 0.05) is 11.1 Å². The maximum atomic E-state index is 13.0. The molecule has 1 aliphatic rings. The molecule has 1 aromatic carbocycles. The predicted molar refractivity (Wildman–Crippen MR) is 110 cm³/mol. The summed E-state index contributed by atoms with van der Waals surface area (Å²) in [4.78, 5) is 13.0. The van der Waals surface area contributed by atoms with Crippen molar-refractivity contribution in [2.24, 2.45) is 10.8 Å². The summed E-state index contributed by atoms with van der Waals surface area (Å²) in [5, 5.41) is 0. The van der Waals surface area contributed by atoms with Crippen LogP contribution < -0.4 is 4.74 Å². The summed E-state index contributed by atoms with van der Waals surface area (Å²) in [5.41, 5.74) is 3.54. The molecule has 0 fully saturated rings. The molecular weight excluding hydrogens is 320 g/mol. The highest BCUT2D eigenvalue weighted by Gasteiger charge is 2.33. The normalized spacial score (nSPS) is 15.7. The summed E-state index contributed by atoms with van der Waals surface area (Å²) in [6.45, 7) is 16.6. The van der Waals surface area contributed by atoms with E-state index >= 15 is 0 Å². The van der Waals surface area contributed by atoms with Crippen LogP contribution in [0.4, 0.5) is 0 Å². The fourth-order valence-electron chi connectivity index (χ4n) is 2.96. The summed E-state index contributed by atoms with van der Waals surface area (Å²) in [5.74, 6) is 1.04. The molecule has 0 radical (unpaired) electrons. The van der Waals surface area contributed by atoms with E-state index in [4.69, 9.17) is 4.74 Å². The number of hydrogen-bond acceptors (Lipinski definition) is 2. The van der Waals surface area contributed by atoms with Gasteiger partial charge in [0.05, 0.1) is 6.10 Å². The van der Waals surface area contributed by atoms with Crippen molar-refractivity contribution in [3.63, 3.8) is 0 Å². The zero-order valence-electron chi connectivity index (χ0n) is 17.4. The summed E-state index contributed by atoms with van der Waals surface area (Å²) in [7, 11) is 0. The smallest absolute Gasteiger partial charge is 0.186 e. The highest BCUT2D eigenvalue weighted by atomic mass is 16.5. The third-order valence-corrected chi connectivity index (χ3v) is 4.31. The SMILES string of the molecule is CC(C)Oc1ccc(C=C2C=C(C(C)(C)C)C(=O)C(C(C)(C)C)=C2)cc1. The first-order chi connectivity index (χ1) is 11.9. The van der Waals surface area contributed by atoms with Gasteiger partial charge in [-0.15, -0.1) is 0 Å². The zero-order chi connectivity index (χ0) is 19.7. The molecule has 0 aliphatic heterocycles. The van der Waals surface area contributed by atoms with E-state index in [1.807, 2.05) is 38.1 Å². The molecule has 26 heavy (non-hydrogen) atoms. The largest absolute Gasteiger partial charge is 0.491 e. The maximum absolute atomic E-state index is 13.0. The Labute approximate surface area is 158 Å². The van der Waals surface area contributed by atoms with Crippen LogP contribution in [0.15, 0.2) is 53.1 Å². The minimum absolute atomic E-state index is 0.165. The molecule has 0 bridgehead atoms. The van der Waals surface area contributed by atoms with E-state index < -0.39 is 0 Å². The highest BCUT2D eigenvalue weighted by Crippen LogP contribution is 2.39. The molecule has 0 heterocycles. The Hall–Kier alpha value is -2.09. The summed E-state index contributed by atoms with van der Waals surface area (Å²) in [6.07, 6.45) is 6.37. The first kappa shape index (κ1) is 20.2. The molecule has 1 aromatic rings. The highest BCUT2D eigenvalue weighted by molar-refractivity contribution is 6.12. The van der Waals surface area contributed by atoms with E-state index in [0.717, 1.165) is 28.0 Å². The lowest BCUT2D eigenvalue weighted by Gasteiger charge is -2.31. The molecule has 2 rings (SSSR count). The number of benzene rings is 1. The third kappa shape index (κ3) is 4.97. The molecule has 1 aliphatic carbocycles. The first-order valence-electron chi connectivity index (χ1n) is 9.35. The van der Waals surface area contributed by atoms with Crippen LogP contribution in [0.25, 0.3) is 6.08 Å². The van der Waals surface area contributed by atoms with Gasteiger partial charge in [-0.3, -0.25) is 4.79 Å². The molecule has 140 valence electrons. The number of carbonyl (C=O) groups is 1. The minimum Gasteiger partial charge on any atom is -0.491 e. The topological polar surface area (TPSA) is 26.3 Å². The number of hydrogen-bond donors (Lipinski definition) is 0. The van der Waals surface area contributed by atoms with Gasteiger partial charge >= 0.3 is 0 Å². The lowest BCUT2D eigenvalue weighted by atomic mass is 9.72. The average Bonchev–Trinajstić information content (AvgIpc) is 2.48. The van der Waals surface area contributed by atoms with Crippen molar-refractivity contribution in [1.29, 1.82) is 0 Å². The van der Waals surface area contributed by atoms with Gasteiger partial charge in [-0.2, -0.15) is 0 Å². The predicted octanol–water partition coefficient (Wildman–Crippen LogP) is 6.38. The molecule has 0 saturated heterocycles. The van der Waals surface area contributed by atoms with E-state index in [-0.39, 0.29) is 22.7 Å². The fourth-order valence-corrected chi connectivity index (χ4v) is 2.96. The van der Waals surface area contributed by atoms with Crippen LogP contribution in [0.5, 0.6) is 5.75 Å². The van der Waals surface area contributed by atoms with Gasteiger partial charge in [0.25, 0.3) is 0 Å². The fraction of sp³-hybridized carbons (Fsp3) is 0.458. The van der Waals surface area contributed by atoms with Crippen molar-refractivity contribution in [3.05, 3.63) is 58.7 Å². The molecule has 0 N–H and O–H groups in total. The third-order valence-electron chi connectivity index (χ3n) is 4.31. The second-order valence-electron chi connectivity index (χ2n) is 9.33. The van der Waals surface area contributed by atoms with E-state index in [2.05, 4.69) is 59.8 Å². The number of rotatable bonds is 3. The van der Waals surface area contributed by atoms with Gasteiger partial charge in [0.15, 0.2) is 5.78 Å². The molecule has 0 spiro atoms. The van der Waals surface area contributed by atoms with Crippen molar-refractivity contribution in [1.82, 2.24) is 0 Å². The van der Waals surface area contributed by atoms with Crippen LogP contribution in [0.1, 0.15) is 61.0 Å². The molecular formula is C24H32O2. The van der Waals surface area contributed by atoms with Gasteiger partial charge < -0.3 is 4.74 Å². The summed E-state index contributed by atoms with van der Waals surface area (Å²) >= 11 is 0. The molecule has 0 amide bonds. The molecule has 2 heteroatoms. The van der Waals surface area contributed by atoms with Gasteiger partial charge in [-0.1, -0.05) is 53.7 Å². The van der Waals surface area contributed by atoms with Gasteiger partial charge in [0.1, 0.15) is 5.75 Å². The molecule has 0 unspecified atom stereocenters. The number of carbonyl (C=O) groups excluding carboxylic acids is 1. The number of Topliss-reactive ketones (excluding diaryl/α,β-unsaturated/α-hetero) is 1. The van der Waals surface area contributed by atoms with Gasteiger partial charge in [-0.25, -0.2) is 0 Å². The zero-order valence-corrected chi connectivity index (χ0v) is 17.4. The number of allylic oxidation sites excluding steroid dienone is 5. The van der Waals surface area contributed by atoms with Crippen molar-refractivity contribution in [2.75, 3.05) is 0 Å². The second kappa shape index (κ2) is 7.26. The van der Waals surface area contributed by atoms with E-state index in [1.165, 1.54) is 0 Å². The summed E-state index contributed by atoms with van der Waals surface area (Å²) in [6, 6.07) is 8.08. The Morgan fingerprint density at radius 1 is 0.846 bits per heavy atom. The summed E-state index contributed by atoms with van der Waals surface area (Å²) < 4.78 is 5.71. The number of ether oxygens (including phenoxy) is 1. The molecule has 0 saturated carbocycles. The molecule has 0 aromatic heterocycles. The van der Waals surface area contributed by atoms with Crippen LogP contribution in [-0.4, -0.2) is 11.9 Å². The Kier molecular flexibility index (Phi) is 5.65. The van der Waals surface area contributed by atoms with Crippen molar-refractivity contribution in [3.8, 4) is 5.75 Å². The number of ketones is 1. The lowest BCUT2D eigenvalue weighted by molar-refractivity contribution is -0.114. The first-order valence-corrected chi connectivity index (χ1v) is 9.35. The Bertz CT molecular complexity index is 722. The van der Waals surface area contributed by atoms with Gasteiger partial charge in [0.2, 0.25) is 0 Å². The van der Waals surface area contributed by atoms with Crippen LogP contribution in [0.3, 0.4) is 0 Å². The van der Waals surface area contributed by atoms with E-state index in [9.17, 15) is 4.79 Å². The van der Waals surface area contributed by atoms with Crippen molar-refractivity contribution >= 4 is 11.9 Å². The van der Waals surface area contributed by atoms with E-state index in [0.29, 0.717) is 0 Å². The quantitative estimate of drug-likeness (QED) is 0.630. The second-order valence-corrected chi connectivity index (χ2v) is 9.33. The van der Waals surface area contributed by atoms with Gasteiger partial charge in [-0.05, 0) is 66.2 Å². The van der Waals surface area contributed by atoms with Crippen LogP contribution in [0, 0.1) is 10.8 Å². The van der Waals surface area contributed by atoms with Crippen molar-refractivity contribution in [2.45, 2.75) is 61.5 Å². The Morgan fingerprint density at radius 3 is 1.69 bits per heavy atom. The van der Waals surface area contributed by atoms with E-state index in [1.54, 1.807) is 0 Å². The lowest BCUT2D eigenvalue weighted by Crippen LogP contribution is -2.27. The maximum Gasteiger partial charge on any atom is 0.186 e. The monoisotopic (exact) mass is 352 g/mol. The van der Waals surface area contributed by atoms with Crippen molar-refractivity contribution < 1.29 is 9.53 Å². The van der Waals surface area contributed by atoms with Crippen LogP contribution in [-0.2, 0) is 4.79 Å². The molecule has 0 atom stereocenters. The Morgan fingerprint density at radius 2 is 1.31 bits per heavy atom. The Balaban J connectivity index is 2.44.